The van der Waals surface area contributed by atoms with E-state index in [0.717, 1.165) is 18.4 Å². The third-order valence-electron chi connectivity index (χ3n) is 6.00. The van der Waals surface area contributed by atoms with E-state index in [9.17, 15) is 19.2 Å². The lowest BCUT2D eigenvalue weighted by molar-refractivity contribution is -0.126. The van der Waals surface area contributed by atoms with Gasteiger partial charge in [-0.25, -0.2) is 0 Å². The molecule has 0 amide bonds. The van der Waals surface area contributed by atoms with Crippen LogP contribution < -0.4 is 0 Å². The Hall–Kier alpha value is -2.37. The molecular weight excluding hydrogens is 674 g/mol. The molecule has 0 aliphatic carbocycles. The normalized spacial score (nSPS) is 10.6. The second-order valence-corrected chi connectivity index (χ2v) is 12.0. The van der Waals surface area contributed by atoms with Crippen LogP contribution in [-0.4, -0.2) is 94.0 Å². The molecule has 0 bridgehead atoms. The molecule has 53 heavy (non-hydrogen) atoms. The zero-order valence-corrected chi connectivity index (χ0v) is 30.8. The average molecular weight is 776 g/mol. The van der Waals surface area contributed by atoms with Crippen molar-refractivity contribution in [2.45, 2.75) is 187 Å². The Morgan fingerprint density at radius 3 is 1.13 bits per heavy atom. The third-order valence-corrected chi connectivity index (χ3v) is 6.00. The fraction of sp³-hybridized carbons (Fsp3) is 0.791. The molecule has 0 aromatic heterocycles. The lowest BCUT2D eigenvalue weighted by Crippen LogP contribution is -2.26. The standard InChI is InChI=1S/2C7H14O.C6H11NO2.C6H12O2.C5H10O.C4H8O2.8CH4/c1-5-6(8)7(2,3)4;1-4-6(3)7(8)5-2;1-3-6(9)5(4-8)7-2;1-6(2,3)5(8)4-7;1-3-5(2)4-6;1-2-4(6)3-5;;;;;;;;/h5H2,1-4H3;5-8H,2,4H2,1,3H3;8H,3-4H2,1-2H3;4-5,8H,1-3H3;6H,2-4H2,1H3;5H,2-3H2,1H3;8*1H4. The van der Waals surface area contributed by atoms with Gasteiger partial charge in [0.15, 0.2) is 11.6 Å². The number of aliphatic hydroxyl groups excluding tert-OH is 5. The van der Waals surface area contributed by atoms with Gasteiger partial charge in [0.25, 0.3) is 0 Å². The maximum absolute atomic E-state index is 10.8. The van der Waals surface area contributed by atoms with E-state index in [1.807, 2.05) is 62.3 Å². The minimum Gasteiger partial charge on any atom is -0.392 e. The first-order valence-electron chi connectivity index (χ1n) is 15.5. The third kappa shape index (κ3) is 71.7. The summed E-state index contributed by atoms with van der Waals surface area (Å²) < 4.78 is 0. The van der Waals surface area contributed by atoms with E-state index in [2.05, 4.69) is 25.1 Å². The van der Waals surface area contributed by atoms with Crippen molar-refractivity contribution in [3.05, 3.63) is 24.8 Å². The maximum atomic E-state index is 10.8. The lowest BCUT2D eigenvalue weighted by atomic mass is 9.90. The number of carbonyl (C=O) groups is 4. The van der Waals surface area contributed by atoms with E-state index in [-0.39, 0.29) is 113 Å². The number of hydrogen-bond donors (Lipinski definition) is 5. The Bertz CT molecular complexity index is 782. The summed E-state index contributed by atoms with van der Waals surface area (Å²) in [5, 5.41) is 42.5. The highest BCUT2D eigenvalue weighted by molar-refractivity contribution is 6.40. The average Bonchev–Trinajstić information content (AvgIpc) is 3.03. The number of ketones is 3. The van der Waals surface area contributed by atoms with Crippen LogP contribution in [0.15, 0.2) is 29.8 Å². The number of aliphatic imine (C=N–C) groups is 1. The first kappa shape index (κ1) is 92.9. The van der Waals surface area contributed by atoms with Crippen molar-refractivity contribution in [2.75, 3.05) is 26.9 Å². The van der Waals surface area contributed by atoms with Crippen LogP contribution >= 0.6 is 0 Å². The molecule has 5 N–H and O–H groups in total. The molecule has 0 heterocycles. The summed E-state index contributed by atoms with van der Waals surface area (Å²) in [4.78, 5) is 44.9. The predicted molar refractivity (Wildman–Crippen MR) is 240 cm³/mol. The van der Waals surface area contributed by atoms with Crippen LogP contribution in [0.25, 0.3) is 0 Å². The Balaban J connectivity index is -0.0000000280. The highest BCUT2D eigenvalue weighted by Gasteiger charge is 2.20. The number of carbonyl (C=O) groups excluding carboxylic acids is 4. The molecule has 0 aliphatic heterocycles. The van der Waals surface area contributed by atoms with E-state index >= 15 is 0 Å². The van der Waals surface area contributed by atoms with E-state index < -0.39 is 6.10 Å². The van der Waals surface area contributed by atoms with Gasteiger partial charge in [0, 0.05) is 31.7 Å². The monoisotopic (exact) mass is 776 g/mol. The maximum Gasteiger partial charge on any atom is 0.178 e. The van der Waals surface area contributed by atoms with Gasteiger partial charge in [0.1, 0.15) is 30.5 Å². The fourth-order valence-electron chi connectivity index (χ4n) is 1.92. The molecule has 0 fully saturated rings. The summed E-state index contributed by atoms with van der Waals surface area (Å²) in [7, 11) is 1.50. The Morgan fingerprint density at radius 2 is 1.09 bits per heavy atom. The molecule has 0 radical (unpaired) electrons. The Labute approximate surface area is 333 Å². The van der Waals surface area contributed by atoms with Gasteiger partial charge in [-0.1, -0.05) is 167 Å². The van der Waals surface area contributed by atoms with E-state index in [4.69, 9.17) is 25.5 Å². The molecular formula is C43H101NO9. The summed E-state index contributed by atoms with van der Waals surface area (Å²) in [6.45, 7) is 29.3. The van der Waals surface area contributed by atoms with Crippen LogP contribution in [0.2, 0.25) is 0 Å². The lowest BCUT2D eigenvalue weighted by Gasteiger charge is -2.19. The summed E-state index contributed by atoms with van der Waals surface area (Å²) in [6, 6.07) is 0. The Kier molecular flexibility index (Phi) is 103. The number of Topliss-reactive ketones (excluding diaryl/α,β-unsaturated/α-hetero) is 3. The van der Waals surface area contributed by atoms with Crippen LogP contribution in [0.5, 0.6) is 0 Å². The first-order valence-corrected chi connectivity index (χ1v) is 15.5. The summed E-state index contributed by atoms with van der Waals surface area (Å²) in [6.07, 6.45) is 4.38. The molecule has 0 spiro atoms. The molecule has 0 saturated carbocycles. The molecule has 0 aliphatic rings. The smallest absolute Gasteiger partial charge is 0.178 e. The number of nitrogens with zero attached hydrogens (tertiary/aromatic N) is 1. The van der Waals surface area contributed by atoms with Crippen molar-refractivity contribution in [1.82, 2.24) is 0 Å². The van der Waals surface area contributed by atoms with Crippen molar-refractivity contribution in [3.8, 4) is 0 Å². The topological polar surface area (TPSA) is 182 Å². The van der Waals surface area contributed by atoms with Crippen LogP contribution in [0, 0.1) is 16.7 Å². The molecule has 0 aromatic rings. The number of aldehydes is 1. The molecule has 10 nitrogen and oxygen atoms in total. The minimum atomic E-state index is -0.831. The molecule has 10 heteroatoms. The minimum absolute atomic E-state index is 0. The molecule has 3 atom stereocenters. The van der Waals surface area contributed by atoms with Crippen LogP contribution in [-0.2, 0) is 19.2 Å². The van der Waals surface area contributed by atoms with E-state index in [0.29, 0.717) is 37.2 Å². The Morgan fingerprint density at radius 1 is 0.698 bits per heavy atom. The van der Waals surface area contributed by atoms with Crippen LogP contribution in [0.3, 0.4) is 0 Å². The van der Waals surface area contributed by atoms with Gasteiger partial charge in [0.2, 0.25) is 0 Å². The molecule has 3 unspecified atom stereocenters. The number of rotatable bonds is 12. The summed E-state index contributed by atoms with van der Waals surface area (Å²) >= 11 is 0. The molecule has 332 valence electrons. The number of aliphatic hydroxyl groups is 5. The van der Waals surface area contributed by atoms with Crippen molar-refractivity contribution < 1.29 is 44.7 Å². The van der Waals surface area contributed by atoms with Gasteiger partial charge in [-0.2, -0.15) is 0 Å². The highest BCUT2D eigenvalue weighted by atomic mass is 16.3. The second kappa shape index (κ2) is 58.9. The zero-order chi connectivity index (χ0) is 37.4. The fourth-order valence-corrected chi connectivity index (χ4v) is 1.92. The molecule has 0 saturated heterocycles. The van der Waals surface area contributed by atoms with Crippen molar-refractivity contribution in [1.29, 1.82) is 0 Å². The second-order valence-electron chi connectivity index (χ2n) is 12.0. The quantitative estimate of drug-likeness (QED) is 0.0732. The van der Waals surface area contributed by atoms with E-state index in [1.165, 1.54) is 7.05 Å². The first-order chi connectivity index (χ1) is 20.6. The van der Waals surface area contributed by atoms with Gasteiger partial charge in [0.05, 0.1) is 19.3 Å². The van der Waals surface area contributed by atoms with Crippen molar-refractivity contribution in [3.63, 3.8) is 0 Å². The SMILES string of the molecule is C.C.C.C.C.C.C.C.C=C(CC)CO.C=CC(O)C(C)CC.CC(C)(C)C(O)C=O.CCC(=O)C(C)(C)C.CCC(=O)C(CO)=NC.CCC(=O)CO. The summed E-state index contributed by atoms with van der Waals surface area (Å²) in [5.41, 5.74) is 0.726. The molecule has 0 aromatic carbocycles. The van der Waals surface area contributed by atoms with Gasteiger partial charge in [-0.15, -0.1) is 6.58 Å². The molecule has 0 rings (SSSR count). The summed E-state index contributed by atoms with van der Waals surface area (Å²) in [5.74, 6) is 0.500. The highest BCUT2D eigenvalue weighted by Crippen LogP contribution is 2.16. The largest absolute Gasteiger partial charge is 0.392 e. The van der Waals surface area contributed by atoms with Crippen molar-refractivity contribution >= 4 is 29.3 Å². The van der Waals surface area contributed by atoms with Gasteiger partial charge >= 0.3 is 0 Å². The van der Waals surface area contributed by atoms with E-state index in [1.54, 1.807) is 19.9 Å². The van der Waals surface area contributed by atoms with Crippen LogP contribution in [0.4, 0.5) is 0 Å². The number of hydrogen-bond acceptors (Lipinski definition) is 10. The van der Waals surface area contributed by atoms with Gasteiger partial charge in [-0.3, -0.25) is 19.4 Å². The zero-order valence-electron chi connectivity index (χ0n) is 30.8. The van der Waals surface area contributed by atoms with Gasteiger partial charge < -0.3 is 30.3 Å². The predicted octanol–water partition coefficient (Wildman–Crippen LogP) is 10.2. The van der Waals surface area contributed by atoms with Gasteiger partial charge in [-0.05, 0) is 17.8 Å². The van der Waals surface area contributed by atoms with Crippen LogP contribution in [0.1, 0.15) is 175 Å². The van der Waals surface area contributed by atoms with Crippen molar-refractivity contribution in [2.24, 2.45) is 21.7 Å².